The van der Waals surface area contributed by atoms with E-state index in [1.54, 1.807) is 15.6 Å². The summed E-state index contributed by atoms with van der Waals surface area (Å²) >= 11 is 3.37. The van der Waals surface area contributed by atoms with Crippen molar-refractivity contribution < 1.29 is 4.79 Å². The molecule has 0 spiro atoms. The van der Waals surface area contributed by atoms with Gasteiger partial charge in [-0.1, -0.05) is 0 Å². The predicted octanol–water partition coefficient (Wildman–Crippen LogP) is 1.31. The molecule has 0 saturated heterocycles. The van der Waals surface area contributed by atoms with Crippen LogP contribution in [0.4, 0.5) is 0 Å². The van der Waals surface area contributed by atoms with Crippen LogP contribution in [0.3, 0.4) is 0 Å². The van der Waals surface area contributed by atoms with E-state index in [4.69, 9.17) is 0 Å². The van der Waals surface area contributed by atoms with Gasteiger partial charge in [-0.3, -0.25) is 14.2 Å². The highest BCUT2D eigenvalue weighted by Gasteiger charge is 2.08. The third-order valence-electron chi connectivity index (χ3n) is 2.78. The summed E-state index contributed by atoms with van der Waals surface area (Å²) in [6.07, 6.45) is 3.70. The van der Waals surface area contributed by atoms with Crippen LogP contribution in [0.5, 0.6) is 0 Å². The third-order valence-corrected chi connectivity index (χ3v) is 3.56. The van der Waals surface area contributed by atoms with Gasteiger partial charge in [0, 0.05) is 31.5 Å². The number of aromatic nitrogens is 4. The molecule has 19 heavy (non-hydrogen) atoms. The van der Waals surface area contributed by atoms with Crippen LogP contribution < -0.4 is 5.32 Å². The molecule has 7 heteroatoms. The largest absolute Gasteiger partial charge is 0.350 e. The molecule has 0 aliphatic heterocycles. The van der Waals surface area contributed by atoms with Gasteiger partial charge in [-0.2, -0.15) is 10.2 Å². The number of amides is 1. The van der Waals surface area contributed by atoms with E-state index in [-0.39, 0.29) is 12.5 Å². The van der Waals surface area contributed by atoms with Gasteiger partial charge in [-0.15, -0.1) is 0 Å². The van der Waals surface area contributed by atoms with Crippen LogP contribution in [0.1, 0.15) is 17.0 Å². The van der Waals surface area contributed by atoms with Crippen molar-refractivity contribution in [2.45, 2.75) is 26.9 Å². The zero-order chi connectivity index (χ0) is 14.0. The van der Waals surface area contributed by atoms with Gasteiger partial charge >= 0.3 is 0 Å². The monoisotopic (exact) mass is 325 g/mol. The lowest BCUT2D eigenvalue weighted by Gasteiger charge is -2.04. The maximum absolute atomic E-state index is 11.8. The number of carbonyl (C=O) groups is 1. The zero-order valence-electron chi connectivity index (χ0n) is 11.1. The second-order valence-electron chi connectivity index (χ2n) is 4.45. The van der Waals surface area contributed by atoms with Crippen molar-refractivity contribution in [1.29, 1.82) is 0 Å². The molecule has 6 nitrogen and oxygen atoms in total. The Bertz CT molecular complexity index is 582. The fourth-order valence-electron chi connectivity index (χ4n) is 1.79. The predicted molar refractivity (Wildman–Crippen MR) is 74.5 cm³/mol. The summed E-state index contributed by atoms with van der Waals surface area (Å²) in [4.78, 5) is 11.8. The Morgan fingerprint density at radius 1 is 1.32 bits per heavy atom. The standard InChI is InChI=1S/C12H16BrN5O/c1-8-10(5-17(3)15-8)4-14-12(19)7-18-6-11(13)9(2)16-18/h5-6H,4,7H2,1-3H3,(H,14,19). The minimum Gasteiger partial charge on any atom is -0.350 e. The van der Waals surface area contributed by atoms with Crippen LogP contribution in [0.25, 0.3) is 0 Å². The number of halogens is 1. The number of hydrogen-bond donors (Lipinski definition) is 1. The van der Waals surface area contributed by atoms with Crippen LogP contribution in [0, 0.1) is 13.8 Å². The van der Waals surface area contributed by atoms with E-state index in [0.717, 1.165) is 21.4 Å². The van der Waals surface area contributed by atoms with Crippen LogP contribution in [-0.4, -0.2) is 25.5 Å². The highest BCUT2D eigenvalue weighted by atomic mass is 79.9. The van der Waals surface area contributed by atoms with Crippen molar-refractivity contribution in [3.8, 4) is 0 Å². The van der Waals surface area contributed by atoms with Crippen LogP contribution in [-0.2, 0) is 24.9 Å². The van der Waals surface area contributed by atoms with Crippen molar-refractivity contribution in [3.05, 3.63) is 33.8 Å². The first-order valence-corrected chi connectivity index (χ1v) is 6.70. The van der Waals surface area contributed by atoms with Crippen molar-refractivity contribution in [2.24, 2.45) is 7.05 Å². The van der Waals surface area contributed by atoms with E-state index < -0.39 is 0 Å². The van der Waals surface area contributed by atoms with Crippen molar-refractivity contribution in [3.63, 3.8) is 0 Å². The molecule has 2 rings (SSSR count). The van der Waals surface area contributed by atoms with Crippen LogP contribution in [0.15, 0.2) is 16.9 Å². The van der Waals surface area contributed by atoms with Gasteiger partial charge in [0.05, 0.1) is 15.9 Å². The minimum absolute atomic E-state index is 0.0711. The molecule has 1 N–H and O–H groups in total. The second-order valence-corrected chi connectivity index (χ2v) is 5.30. The number of hydrogen-bond acceptors (Lipinski definition) is 3. The lowest BCUT2D eigenvalue weighted by molar-refractivity contribution is -0.122. The van der Waals surface area contributed by atoms with Gasteiger partial charge < -0.3 is 5.32 Å². The average Bonchev–Trinajstić information content (AvgIpc) is 2.79. The third kappa shape index (κ3) is 3.44. The first-order valence-electron chi connectivity index (χ1n) is 5.91. The van der Waals surface area contributed by atoms with E-state index in [1.807, 2.05) is 27.1 Å². The van der Waals surface area contributed by atoms with Gasteiger partial charge in [0.1, 0.15) is 6.54 Å². The van der Waals surface area contributed by atoms with E-state index in [0.29, 0.717) is 6.54 Å². The molecule has 1 amide bonds. The van der Waals surface area contributed by atoms with Gasteiger partial charge in [-0.25, -0.2) is 0 Å². The first kappa shape index (κ1) is 13.8. The molecule has 102 valence electrons. The molecular formula is C12H16BrN5O. The molecule has 0 atom stereocenters. The number of nitrogens with zero attached hydrogens (tertiary/aromatic N) is 4. The highest BCUT2D eigenvalue weighted by Crippen LogP contribution is 2.12. The summed E-state index contributed by atoms with van der Waals surface area (Å²) < 4.78 is 4.26. The maximum atomic E-state index is 11.8. The quantitative estimate of drug-likeness (QED) is 0.921. The zero-order valence-corrected chi connectivity index (χ0v) is 12.7. The Morgan fingerprint density at radius 2 is 2.05 bits per heavy atom. The van der Waals surface area contributed by atoms with Crippen LogP contribution in [0.2, 0.25) is 0 Å². The van der Waals surface area contributed by atoms with E-state index in [9.17, 15) is 4.79 Å². The topological polar surface area (TPSA) is 64.7 Å². The van der Waals surface area contributed by atoms with Crippen LogP contribution >= 0.6 is 15.9 Å². The Balaban J connectivity index is 1.90. The summed E-state index contributed by atoms with van der Waals surface area (Å²) in [5, 5.41) is 11.3. The lowest BCUT2D eigenvalue weighted by Crippen LogP contribution is -2.27. The number of carbonyl (C=O) groups excluding carboxylic acids is 1. The molecule has 0 aromatic carbocycles. The van der Waals surface area contributed by atoms with E-state index in [1.165, 1.54) is 0 Å². The van der Waals surface area contributed by atoms with Crippen molar-refractivity contribution in [1.82, 2.24) is 24.9 Å². The molecule has 2 aromatic heterocycles. The fraction of sp³-hybridized carbons (Fsp3) is 0.417. The Labute approximate surface area is 119 Å². The molecular weight excluding hydrogens is 310 g/mol. The minimum atomic E-state index is -0.0711. The summed E-state index contributed by atoms with van der Waals surface area (Å²) in [5.41, 5.74) is 2.82. The summed E-state index contributed by atoms with van der Waals surface area (Å²) in [7, 11) is 1.86. The molecule has 0 unspecified atom stereocenters. The van der Waals surface area contributed by atoms with E-state index >= 15 is 0 Å². The molecule has 2 heterocycles. The molecule has 0 aliphatic rings. The van der Waals surface area contributed by atoms with Gasteiger partial charge in [0.2, 0.25) is 5.91 Å². The van der Waals surface area contributed by atoms with Gasteiger partial charge in [0.15, 0.2) is 0 Å². The Kier molecular flexibility index (Phi) is 4.04. The number of rotatable bonds is 4. The summed E-state index contributed by atoms with van der Waals surface area (Å²) in [6.45, 7) is 4.51. The normalized spacial score (nSPS) is 10.7. The fourth-order valence-corrected chi connectivity index (χ4v) is 2.11. The molecule has 0 saturated carbocycles. The number of nitrogens with one attached hydrogen (secondary N) is 1. The second kappa shape index (κ2) is 5.56. The SMILES string of the molecule is Cc1nn(CC(=O)NCc2cn(C)nc2C)cc1Br. The average molecular weight is 326 g/mol. The van der Waals surface area contributed by atoms with Crippen molar-refractivity contribution in [2.75, 3.05) is 0 Å². The highest BCUT2D eigenvalue weighted by molar-refractivity contribution is 9.10. The molecule has 0 bridgehead atoms. The molecule has 2 aromatic rings. The number of aryl methyl sites for hydroxylation is 3. The first-order chi connectivity index (χ1) is 8.95. The van der Waals surface area contributed by atoms with Gasteiger partial charge in [0.25, 0.3) is 0 Å². The van der Waals surface area contributed by atoms with E-state index in [2.05, 4.69) is 31.4 Å². The summed E-state index contributed by atoms with van der Waals surface area (Å²) in [5.74, 6) is -0.0711. The molecule has 0 fully saturated rings. The lowest BCUT2D eigenvalue weighted by atomic mass is 10.2. The Hall–Kier alpha value is -1.63. The Morgan fingerprint density at radius 3 is 2.58 bits per heavy atom. The molecule has 0 radical (unpaired) electrons. The summed E-state index contributed by atoms with van der Waals surface area (Å²) in [6, 6.07) is 0. The molecule has 0 aliphatic carbocycles. The van der Waals surface area contributed by atoms with Gasteiger partial charge in [-0.05, 0) is 29.8 Å². The van der Waals surface area contributed by atoms with Crippen molar-refractivity contribution >= 4 is 21.8 Å². The maximum Gasteiger partial charge on any atom is 0.242 e. The smallest absolute Gasteiger partial charge is 0.242 e.